The second-order valence-electron chi connectivity index (χ2n) is 6.94. The molecule has 156 valence electrons. The highest BCUT2D eigenvalue weighted by atomic mass is 19.4. The number of fused-ring (bicyclic) bond motifs is 1. The van der Waals surface area contributed by atoms with Crippen LogP contribution in [0.2, 0.25) is 0 Å². The molecule has 2 N–H and O–H groups in total. The molecule has 4 aromatic rings. The van der Waals surface area contributed by atoms with Crippen LogP contribution < -0.4 is 5.32 Å². The number of carbonyl (C=O) groups excluding carboxylic acids is 1. The number of hydrogen-bond donors (Lipinski definition) is 2. The van der Waals surface area contributed by atoms with Crippen LogP contribution in [-0.2, 0) is 11.0 Å². The first-order valence-corrected chi connectivity index (χ1v) is 9.37. The van der Waals surface area contributed by atoms with Gasteiger partial charge in [0, 0.05) is 23.5 Å². The third-order valence-corrected chi connectivity index (χ3v) is 4.68. The first-order chi connectivity index (χ1) is 14.8. The van der Waals surface area contributed by atoms with E-state index in [0.29, 0.717) is 11.3 Å². The lowest BCUT2D eigenvalue weighted by atomic mass is 10.1. The summed E-state index contributed by atoms with van der Waals surface area (Å²) in [6.07, 6.45) is 1.79. The molecule has 0 aliphatic carbocycles. The van der Waals surface area contributed by atoms with Gasteiger partial charge in [-0.15, -0.1) is 0 Å². The van der Waals surface area contributed by atoms with Crippen LogP contribution in [-0.4, -0.2) is 20.9 Å². The normalized spacial score (nSPS) is 11.9. The van der Waals surface area contributed by atoms with Gasteiger partial charge in [0.05, 0.1) is 17.5 Å². The van der Waals surface area contributed by atoms with E-state index in [2.05, 4.69) is 20.3 Å². The molecule has 0 atom stereocenters. The van der Waals surface area contributed by atoms with Gasteiger partial charge in [0.25, 0.3) is 0 Å². The number of aromatic amines is 1. The van der Waals surface area contributed by atoms with Crippen LogP contribution in [0.3, 0.4) is 0 Å². The number of rotatable bonds is 4. The lowest BCUT2D eigenvalue weighted by Gasteiger charge is -2.12. The molecular formula is C23H17F3N4O. The third kappa shape index (κ3) is 4.63. The number of amides is 1. The molecular weight excluding hydrogens is 405 g/mol. The highest BCUT2D eigenvalue weighted by Gasteiger charge is 2.32. The minimum atomic E-state index is -4.48. The fourth-order valence-corrected chi connectivity index (χ4v) is 3.13. The van der Waals surface area contributed by atoms with Gasteiger partial charge in [0.1, 0.15) is 5.52 Å². The van der Waals surface area contributed by atoms with E-state index in [-0.39, 0.29) is 11.3 Å². The van der Waals surface area contributed by atoms with Crippen LogP contribution >= 0.6 is 0 Å². The number of nitrogens with zero attached hydrogens (tertiary/aromatic N) is 2. The second kappa shape index (κ2) is 8.06. The molecule has 4 rings (SSSR count). The quantitative estimate of drug-likeness (QED) is 0.420. The number of aromatic nitrogens is 3. The molecule has 1 amide bonds. The number of benzene rings is 2. The third-order valence-electron chi connectivity index (χ3n) is 4.68. The van der Waals surface area contributed by atoms with Crippen LogP contribution in [0.4, 0.5) is 18.9 Å². The molecule has 2 aromatic heterocycles. The molecule has 0 radical (unpaired) electrons. The van der Waals surface area contributed by atoms with Crippen LogP contribution in [0.1, 0.15) is 16.7 Å². The molecule has 0 aliphatic heterocycles. The van der Waals surface area contributed by atoms with Crippen molar-refractivity contribution in [1.82, 2.24) is 15.0 Å². The van der Waals surface area contributed by atoms with Gasteiger partial charge in [-0.25, -0.2) is 9.97 Å². The van der Waals surface area contributed by atoms with E-state index in [1.807, 2.05) is 30.3 Å². The first kappa shape index (κ1) is 20.3. The standard InChI is InChI=1S/C23H17F3N4O/c1-14-5-7-17(12-18(14)23(24,25)26)29-21(31)8-6-15-3-2-4-16(11-15)20-13-28-22-19(30-20)9-10-27-22/h2-13H,1H3,(H,27,28)(H,29,31). The number of alkyl halides is 3. The average molecular weight is 422 g/mol. The Morgan fingerprint density at radius 2 is 1.97 bits per heavy atom. The van der Waals surface area contributed by atoms with Crippen molar-refractivity contribution in [1.29, 1.82) is 0 Å². The van der Waals surface area contributed by atoms with Crippen molar-refractivity contribution in [2.75, 3.05) is 5.32 Å². The van der Waals surface area contributed by atoms with E-state index >= 15 is 0 Å². The lowest BCUT2D eigenvalue weighted by Crippen LogP contribution is -2.11. The number of halogens is 3. The predicted molar refractivity (Wildman–Crippen MR) is 113 cm³/mol. The van der Waals surface area contributed by atoms with Crippen LogP contribution in [0.25, 0.3) is 28.5 Å². The molecule has 0 bridgehead atoms. The Morgan fingerprint density at radius 3 is 2.77 bits per heavy atom. The van der Waals surface area contributed by atoms with Crippen molar-refractivity contribution in [3.05, 3.63) is 83.7 Å². The predicted octanol–water partition coefficient (Wildman–Crippen LogP) is 5.60. The number of nitrogens with one attached hydrogen (secondary N) is 2. The Labute approximate surface area is 175 Å². The van der Waals surface area contributed by atoms with Gasteiger partial charge in [-0.2, -0.15) is 13.2 Å². The van der Waals surface area contributed by atoms with Crippen molar-refractivity contribution in [2.24, 2.45) is 0 Å². The zero-order valence-corrected chi connectivity index (χ0v) is 16.4. The summed E-state index contributed by atoms with van der Waals surface area (Å²) in [7, 11) is 0. The SMILES string of the molecule is Cc1ccc(NC(=O)C=Cc2cccc(-c3cnc4[nH]ccc4n3)c2)cc1C(F)(F)F. The van der Waals surface area contributed by atoms with Gasteiger partial charge in [-0.05, 0) is 48.4 Å². The zero-order chi connectivity index (χ0) is 22.0. The molecule has 5 nitrogen and oxygen atoms in total. The minimum absolute atomic E-state index is 0.0800. The van der Waals surface area contributed by atoms with E-state index in [1.54, 1.807) is 18.5 Å². The number of carbonyl (C=O) groups is 1. The van der Waals surface area contributed by atoms with Crippen molar-refractivity contribution < 1.29 is 18.0 Å². The molecule has 0 spiro atoms. The van der Waals surface area contributed by atoms with Crippen LogP contribution in [0.5, 0.6) is 0 Å². The number of anilines is 1. The fourth-order valence-electron chi connectivity index (χ4n) is 3.13. The lowest BCUT2D eigenvalue weighted by molar-refractivity contribution is -0.138. The largest absolute Gasteiger partial charge is 0.416 e. The molecule has 0 aliphatic rings. The number of aryl methyl sites for hydroxylation is 1. The zero-order valence-electron chi connectivity index (χ0n) is 16.4. The Morgan fingerprint density at radius 1 is 1.13 bits per heavy atom. The molecule has 0 saturated heterocycles. The van der Waals surface area contributed by atoms with Crippen molar-refractivity contribution in [3.8, 4) is 11.3 Å². The monoisotopic (exact) mass is 422 g/mol. The fraction of sp³-hybridized carbons (Fsp3) is 0.0870. The van der Waals surface area contributed by atoms with Gasteiger partial charge in [0.2, 0.25) is 5.91 Å². The second-order valence-corrected chi connectivity index (χ2v) is 6.94. The van der Waals surface area contributed by atoms with Gasteiger partial charge in [-0.3, -0.25) is 4.79 Å². The van der Waals surface area contributed by atoms with E-state index in [0.717, 1.165) is 22.7 Å². The van der Waals surface area contributed by atoms with Gasteiger partial charge in [-0.1, -0.05) is 24.3 Å². The van der Waals surface area contributed by atoms with Crippen molar-refractivity contribution in [2.45, 2.75) is 13.1 Å². The van der Waals surface area contributed by atoms with Gasteiger partial charge >= 0.3 is 6.18 Å². The van der Waals surface area contributed by atoms with Gasteiger partial charge < -0.3 is 10.3 Å². The molecule has 0 unspecified atom stereocenters. The number of hydrogen-bond acceptors (Lipinski definition) is 3. The van der Waals surface area contributed by atoms with E-state index in [9.17, 15) is 18.0 Å². The van der Waals surface area contributed by atoms with Crippen molar-refractivity contribution >= 4 is 28.8 Å². The summed E-state index contributed by atoms with van der Waals surface area (Å²) < 4.78 is 39.1. The Hall–Kier alpha value is -3.94. The maximum atomic E-state index is 13.0. The Balaban J connectivity index is 1.50. The molecule has 2 aromatic carbocycles. The number of H-pyrrole nitrogens is 1. The summed E-state index contributed by atoms with van der Waals surface area (Å²) in [4.78, 5) is 24.0. The summed E-state index contributed by atoms with van der Waals surface area (Å²) in [5, 5.41) is 2.46. The molecule has 0 fully saturated rings. The molecule has 8 heteroatoms. The smallest absolute Gasteiger partial charge is 0.345 e. The summed E-state index contributed by atoms with van der Waals surface area (Å²) >= 11 is 0. The topological polar surface area (TPSA) is 70.7 Å². The summed E-state index contributed by atoms with van der Waals surface area (Å²) in [5.74, 6) is -0.532. The first-order valence-electron chi connectivity index (χ1n) is 9.37. The van der Waals surface area contributed by atoms with Crippen molar-refractivity contribution in [3.63, 3.8) is 0 Å². The molecule has 2 heterocycles. The molecule has 0 saturated carbocycles. The average Bonchev–Trinajstić information content (AvgIpc) is 3.21. The van der Waals surface area contributed by atoms with Gasteiger partial charge in [0.15, 0.2) is 5.65 Å². The maximum absolute atomic E-state index is 13.0. The molecule has 31 heavy (non-hydrogen) atoms. The summed E-state index contributed by atoms with van der Waals surface area (Å²) in [6, 6.07) is 12.9. The summed E-state index contributed by atoms with van der Waals surface area (Å²) in [6.45, 7) is 1.37. The summed E-state index contributed by atoms with van der Waals surface area (Å²) in [5.41, 5.74) is 3.09. The Bertz CT molecular complexity index is 1290. The van der Waals surface area contributed by atoms with E-state index < -0.39 is 17.6 Å². The maximum Gasteiger partial charge on any atom is 0.416 e. The Kier molecular flexibility index (Phi) is 5.29. The highest BCUT2D eigenvalue weighted by molar-refractivity contribution is 6.02. The van der Waals surface area contributed by atoms with Crippen LogP contribution in [0.15, 0.2) is 67.0 Å². The van der Waals surface area contributed by atoms with Crippen LogP contribution in [0, 0.1) is 6.92 Å². The minimum Gasteiger partial charge on any atom is -0.345 e. The van der Waals surface area contributed by atoms with E-state index in [1.165, 1.54) is 25.1 Å². The highest BCUT2D eigenvalue weighted by Crippen LogP contribution is 2.33. The van der Waals surface area contributed by atoms with E-state index in [4.69, 9.17) is 0 Å².